The van der Waals surface area contributed by atoms with Crippen molar-refractivity contribution in [3.8, 4) is 5.69 Å². The first kappa shape index (κ1) is 22.0. The van der Waals surface area contributed by atoms with Crippen molar-refractivity contribution in [2.24, 2.45) is 0 Å². The van der Waals surface area contributed by atoms with E-state index in [9.17, 15) is 0 Å². The van der Waals surface area contributed by atoms with E-state index in [1.807, 2.05) is 0 Å². The Bertz CT molecular complexity index is 2070. The van der Waals surface area contributed by atoms with Gasteiger partial charge in [-0.2, -0.15) is 0 Å². The van der Waals surface area contributed by atoms with E-state index >= 15 is 0 Å². The molecule has 0 saturated carbocycles. The number of nitrogens with one attached hydrogen (secondary N) is 1. The monoisotopic (exact) mass is 492 g/mol. The summed E-state index contributed by atoms with van der Waals surface area (Å²) in [6.45, 7) is 9.70. The third-order valence-electron chi connectivity index (χ3n) is 9.38. The highest BCUT2D eigenvalue weighted by molar-refractivity contribution is 6.30. The van der Waals surface area contributed by atoms with Crippen molar-refractivity contribution in [2.45, 2.75) is 51.4 Å². The fourth-order valence-corrected chi connectivity index (χ4v) is 7.16. The minimum Gasteiger partial charge on any atom is -0.354 e. The predicted molar refractivity (Wildman–Crippen MR) is 163 cm³/mol. The van der Waals surface area contributed by atoms with Crippen molar-refractivity contribution in [3.05, 3.63) is 102 Å². The number of para-hydroxylation sites is 1. The summed E-state index contributed by atoms with van der Waals surface area (Å²) in [5.41, 5.74) is 9.54. The highest BCUT2D eigenvalue weighted by Crippen LogP contribution is 2.49. The van der Waals surface area contributed by atoms with Crippen LogP contribution in [-0.4, -0.2) is 9.55 Å². The van der Waals surface area contributed by atoms with E-state index in [0.717, 1.165) is 0 Å². The Morgan fingerprint density at radius 2 is 1.32 bits per heavy atom. The van der Waals surface area contributed by atoms with Crippen LogP contribution in [0.2, 0.25) is 0 Å². The Labute approximate surface area is 222 Å². The zero-order valence-electron chi connectivity index (χ0n) is 22.5. The lowest BCUT2D eigenvalue weighted by molar-refractivity contribution is 0.332. The second-order valence-electron chi connectivity index (χ2n) is 12.6. The molecule has 0 bridgehead atoms. The normalized spacial score (nSPS) is 16.6. The third-order valence-corrected chi connectivity index (χ3v) is 9.38. The topological polar surface area (TPSA) is 20.7 Å². The molecule has 8 rings (SSSR count). The summed E-state index contributed by atoms with van der Waals surface area (Å²) in [7, 11) is 0. The van der Waals surface area contributed by atoms with Crippen LogP contribution in [-0.2, 0) is 10.8 Å². The van der Waals surface area contributed by atoms with Gasteiger partial charge in [0, 0.05) is 38.1 Å². The first-order valence-electron chi connectivity index (χ1n) is 13.8. The molecule has 0 unspecified atom stereocenters. The van der Waals surface area contributed by atoms with Gasteiger partial charge in [-0.25, -0.2) is 0 Å². The second kappa shape index (κ2) is 7.29. The molecule has 1 N–H and O–H groups in total. The molecule has 0 aliphatic heterocycles. The molecule has 5 aromatic carbocycles. The van der Waals surface area contributed by atoms with Crippen LogP contribution >= 0.6 is 0 Å². The number of benzene rings is 5. The fraction of sp³-hybridized carbons (Fsp3) is 0.222. The second-order valence-corrected chi connectivity index (χ2v) is 12.6. The largest absolute Gasteiger partial charge is 0.354 e. The summed E-state index contributed by atoms with van der Waals surface area (Å²) in [5, 5.41) is 7.89. The van der Waals surface area contributed by atoms with Gasteiger partial charge >= 0.3 is 0 Å². The Kier molecular flexibility index (Phi) is 4.22. The van der Waals surface area contributed by atoms with Crippen LogP contribution in [0.15, 0.2) is 91.0 Å². The molecule has 38 heavy (non-hydrogen) atoms. The van der Waals surface area contributed by atoms with Crippen LogP contribution in [0.1, 0.15) is 51.7 Å². The molecule has 0 fully saturated rings. The van der Waals surface area contributed by atoms with Crippen LogP contribution in [0.5, 0.6) is 0 Å². The lowest BCUT2D eigenvalue weighted by Gasteiger charge is -2.42. The van der Waals surface area contributed by atoms with Gasteiger partial charge in [0.1, 0.15) is 0 Å². The van der Waals surface area contributed by atoms with Gasteiger partial charge in [-0.3, -0.25) is 0 Å². The van der Waals surface area contributed by atoms with E-state index in [1.165, 1.54) is 84.0 Å². The van der Waals surface area contributed by atoms with Gasteiger partial charge in [-0.15, -0.1) is 0 Å². The molecule has 0 atom stereocenters. The van der Waals surface area contributed by atoms with Gasteiger partial charge in [0.15, 0.2) is 0 Å². The Balaban J connectivity index is 1.62. The van der Waals surface area contributed by atoms with Crippen molar-refractivity contribution < 1.29 is 0 Å². The van der Waals surface area contributed by atoms with E-state index in [-0.39, 0.29) is 10.8 Å². The quantitative estimate of drug-likeness (QED) is 0.235. The van der Waals surface area contributed by atoms with Crippen LogP contribution < -0.4 is 0 Å². The first-order chi connectivity index (χ1) is 18.3. The summed E-state index contributed by atoms with van der Waals surface area (Å²) in [5.74, 6) is 0. The molecule has 2 heteroatoms. The maximum Gasteiger partial charge on any atom is 0.0548 e. The smallest absolute Gasteiger partial charge is 0.0548 e. The number of hydrogen-bond donors (Lipinski definition) is 1. The molecule has 0 saturated heterocycles. The van der Waals surface area contributed by atoms with Gasteiger partial charge in [0.05, 0.1) is 16.6 Å². The zero-order valence-corrected chi connectivity index (χ0v) is 22.5. The third kappa shape index (κ3) is 2.83. The van der Waals surface area contributed by atoms with E-state index in [0.29, 0.717) is 0 Å². The number of H-pyrrole nitrogens is 1. The molecule has 0 radical (unpaired) electrons. The number of aromatic amines is 1. The van der Waals surface area contributed by atoms with Crippen molar-refractivity contribution in [3.63, 3.8) is 0 Å². The van der Waals surface area contributed by atoms with E-state index in [4.69, 9.17) is 0 Å². The van der Waals surface area contributed by atoms with Gasteiger partial charge in [-0.05, 0) is 76.6 Å². The molecule has 2 nitrogen and oxygen atoms in total. The van der Waals surface area contributed by atoms with E-state index in [1.54, 1.807) is 0 Å². The first-order valence-corrected chi connectivity index (χ1v) is 13.8. The molecule has 0 spiro atoms. The molecule has 0 amide bonds. The van der Waals surface area contributed by atoms with Crippen LogP contribution in [0.25, 0.3) is 60.1 Å². The van der Waals surface area contributed by atoms with Gasteiger partial charge in [-0.1, -0.05) is 82.3 Å². The molecule has 1 aliphatic carbocycles. The van der Waals surface area contributed by atoms with Crippen LogP contribution in [0, 0.1) is 0 Å². The van der Waals surface area contributed by atoms with Crippen LogP contribution in [0.4, 0.5) is 0 Å². The van der Waals surface area contributed by atoms with Crippen LogP contribution in [0.3, 0.4) is 0 Å². The summed E-state index contributed by atoms with van der Waals surface area (Å²) in [4.78, 5) is 3.81. The molecule has 2 aromatic heterocycles. The van der Waals surface area contributed by atoms with Crippen molar-refractivity contribution in [2.75, 3.05) is 0 Å². The summed E-state index contributed by atoms with van der Waals surface area (Å²) < 4.78 is 2.49. The lowest BCUT2D eigenvalue weighted by atomic mass is 9.63. The molecule has 186 valence electrons. The maximum atomic E-state index is 3.81. The van der Waals surface area contributed by atoms with Gasteiger partial charge in [0.2, 0.25) is 0 Å². The molecular weight excluding hydrogens is 460 g/mol. The molecule has 7 aromatic rings. The Morgan fingerprint density at radius 3 is 2.11 bits per heavy atom. The van der Waals surface area contributed by atoms with Crippen molar-refractivity contribution >= 4 is 54.4 Å². The summed E-state index contributed by atoms with van der Waals surface area (Å²) in [6.07, 6.45) is 2.42. The number of fused-ring (bicyclic) bond motifs is 10. The Hall–Kier alpha value is -4.04. The SMILES string of the molecule is CC1(C)CCC(C)(C)c2cc3c(cc21)c1c2c(ccc1n3-c1ccccc1)[nH]c1c3ccccc3ccc12. The van der Waals surface area contributed by atoms with E-state index < -0.39 is 0 Å². The minimum absolute atomic E-state index is 0.157. The van der Waals surface area contributed by atoms with E-state index in [2.05, 4.69) is 128 Å². The average Bonchev–Trinajstić information content (AvgIpc) is 3.46. The minimum atomic E-state index is 0.157. The highest BCUT2D eigenvalue weighted by Gasteiger charge is 2.38. The standard InChI is InChI=1S/C36H32N2/c1-35(2)18-19-36(3,4)28-21-31-26(20-27(28)35)33-30(38(31)23-11-6-5-7-12-23)17-16-29-32(33)25-15-14-22-10-8-9-13-24(22)34(25)37-29/h5-17,20-21,37H,18-19H2,1-4H3. The average molecular weight is 493 g/mol. The zero-order chi connectivity index (χ0) is 25.8. The van der Waals surface area contributed by atoms with Gasteiger partial charge < -0.3 is 9.55 Å². The number of hydrogen-bond acceptors (Lipinski definition) is 0. The summed E-state index contributed by atoms with van der Waals surface area (Å²) in [6, 6.07) is 33.8. The predicted octanol–water partition coefficient (Wildman–Crippen LogP) is 9.92. The number of nitrogens with zero attached hydrogens (tertiary/aromatic N) is 1. The van der Waals surface area contributed by atoms with Crippen molar-refractivity contribution in [1.82, 2.24) is 9.55 Å². The maximum absolute atomic E-state index is 3.81. The fourth-order valence-electron chi connectivity index (χ4n) is 7.16. The van der Waals surface area contributed by atoms with Gasteiger partial charge in [0.25, 0.3) is 0 Å². The highest BCUT2D eigenvalue weighted by atomic mass is 15.0. The van der Waals surface area contributed by atoms with Crippen molar-refractivity contribution in [1.29, 1.82) is 0 Å². The molecular formula is C36H32N2. The summed E-state index contributed by atoms with van der Waals surface area (Å²) >= 11 is 0. The number of aromatic nitrogens is 2. The lowest BCUT2D eigenvalue weighted by Crippen LogP contribution is -2.33. The Morgan fingerprint density at radius 1 is 0.605 bits per heavy atom. The molecule has 2 heterocycles. The molecule has 1 aliphatic rings. The number of rotatable bonds is 1.